The molecule has 7 nitrogen and oxygen atoms in total. The number of amides is 2. The van der Waals surface area contributed by atoms with Crippen molar-refractivity contribution in [2.75, 3.05) is 6.54 Å². The molecule has 1 aliphatic carbocycles. The van der Waals surface area contributed by atoms with Gasteiger partial charge in [-0.05, 0) is 12.8 Å². The monoisotopic (exact) mass is 214 g/mol. The molecule has 1 rings (SSSR count). The van der Waals surface area contributed by atoms with Crippen molar-refractivity contribution in [2.45, 2.75) is 19.3 Å². The normalized spacial score (nSPS) is 19.1. The second kappa shape index (κ2) is 4.16. The number of amidine groups is 1. The van der Waals surface area contributed by atoms with Crippen LogP contribution in [0, 0.1) is 5.41 Å². The van der Waals surface area contributed by atoms with Crippen molar-refractivity contribution in [3.8, 4) is 0 Å². The van der Waals surface area contributed by atoms with Gasteiger partial charge in [-0.1, -0.05) is 11.6 Å². The topological polar surface area (TPSA) is 131 Å². The van der Waals surface area contributed by atoms with E-state index in [1.807, 2.05) is 0 Å². The Balaban J connectivity index is 2.66. The Morgan fingerprint density at radius 3 is 2.33 bits per heavy atom. The van der Waals surface area contributed by atoms with E-state index in [0.29, 0.717) is 12.8 Å². The summed E-state index contributed by atoms with van der Waals surface area (Å²) in [6.45, 7) is -0.237. The van der Waals surface area contributed by atoms with Gasteiger partial charge in [-0.15, -0.1) is 0 Å². The summed E-state index contributed by atoms with van der Waals surface area (Å²) in [6.07, 6.45) is 1.88. The third-order valence-electron chi connectivity index (χ3n) is 2.66. The van der Waals surface area contributed by atoms with Gasteiger partial charge in [-0.2, -0.15) is 0 Å². The van der Waals surface area contributed by atoms with E-state index in [2.05, 4.69) is 10.5 Å². The van der Waals surface area contributed by atoms with Gasteiger partial charge in [0.05, 0.1) is 6.54 Å². The highest BCUT2D eigenvalue weighted by molar-refractivity contribution is 6.08. The second-order valence-electron chi connectivity index (χ2n) is 3.57. The average Bonchev–Trinajstić information content (AvgIpc) is 2.12. The van der Waals surface area contributed by atoms with Crippen LogP contribution in [0.25, 0.3) is 0 Å². The van der Waals surface area contributed by atoms with Crippen LogP contribution >= 0.6 is 0 Å². The summed E-state index contributed by atoms with van der Waals surface area (Å²) in [7, 11) is 0. The van der Waals surface area contributed by atoms with Crippen molar-refractivity contribution < 1.29 is 14.8 Å². The molecule has 84 valence electrons. The standard InChI is InChI=1S/C8H14N4O3/c9-5(13)4-11-7(14)8(2-1-3-8)6(10)12-15/h15H,1-4H2,(H2,9,13)(H2,10,12)(H,11,14). The first-order chi connectivity index (χ1) is 7.03. The number of hydrogen-bond acceptors (Lipinski definition) is 4. The number of rotatable bonds is 4. The lowest BCUT2D eigenvalue weighted by molar-refractivity contribution is -0.132. The molecule has 0 saturated heterocycles. The molecule has 0 aromatic heterocycles. The molecule has 0 atom stereocenters. The van der Waals surface area contributed by atoms with Crippen molar-refractivity contribution in [3.05, 3.63) is 0 Å². The Morgan fingerprint density at radius 1 is 1.40 bits per heavy atom. The molecule has 1 saturated carbocycles. The van der Waals surface area contributed by atoms with E-state index >= 15 is 0 Å². The van der Waals surface area contributed by atoms with Crippen molar-refractivity contribution in [3.63, 3.8) is 0 Å². The summed E-state index contributed by atoms with van der Waals surface area (Å²) >= 11 is 0. The maximum Gasteiger partial charge on any atom is 0.236 e. The molecule has 6 N–H and O–H groups in total. The highest BCUT2D eigenvalue weighted by Crippen LogP contribution is 2.41. The number of oxime groups is 1. The lowest BCUT2D eigenvalue weighted by atomic mass is 9.67. The van der Waals surface area contributed by atoms with Crippen molar-refractivity contribution in [1.82, 2.24) is 5.32 Å². The Morgan fingerprint density at radius 2 is 2.00 bits per heavy atom. The van der Waals surface area contributed by atoms with Gasteiger partial charge in [0, 0.05) is 0 Å². The number of hydrogen-bond donors (Lipinski definition) is 4. The van der Waals surface area contributed by atoms with E-state index < -0.39 is 17.2 Å². The highest BCUT2D eigenvalue weighted by atomic mass is 16.4. The number of primary amides is 1. The summed E-state index contributed by atoms with van der Waals surface area (Å²) in [5, 5.41) is 13.8. The van der Waals surface area contributed by atoms with Crippen LogP contribution in [-0.4, -0.2) is 29.4 Å². The van der Waals surface area contributed by atoms with E-state index in [1.54, 1.807) is 0 Å². The van der Waals surface area contributed by atoms with Crippen LogP contribution in [0.1, 0.15) is 19.3 Å². The molecule has 0 bridgehead atoms. The lowest BCUT2D eigenvalue weighted by Gasteiger charge is -2.38. The molecule has 7 heteroatoms. The Labute approximate surface area is 86.5 Å². The highest BCUT2D eigenvalue weighted by Gasteiger charge is 2.48. The molecule has 1 fully saturated rings. The maximum atomic E-state index is 11.7. The number of carbonyl (C=O) groups excluding carboxylic acids is 2. The average molecular weight is 214 g/mol. The quantitative estimate of drug-likeness (QED) is 0.196. The molecule has 0 heterocycles. The van der Waals surface area contributed by atoms with Crippen LogP contribution < -0.4 is 16.8 Å². The molecule has 15 heavy (non-hydrogen) atoms. The van der Waals surface area contributed by atoms with E-state index in [1.165, 1.54) is 0 Å². The van der Waals surface area contributed by atoms with Gasteiger partial charge in [0.1, 0.15) is 5.41 Å². The summed E-state index contributed by atoms with van der Waals surface area (Å²) in [6, 6.07) is 0. The predicted octanol–water partition coefficient (Wildman–Crippen LogP) is -1.50. The fourth-order valence-electron chi connectivity index (χ4n) is 1.56. The molecular weight excluding hydrogens is 200 g/mol. The molecule has 0 spiro atoms. The van der Waals surface area contributed by atoms with Gasteiger partial charge < -0.3 is 22.0 Å². The SMILES string of the molecule is NC(=O)CNC(=O)C1(C(N)=NO)CCC1. The first-order valence-corrected chi connectivity index (χ1v) is 4.57. The van der Waals surface area contributed by atoms with Gasteiger partial charge >= 0.3 is 0 Å². The predicted molar refractivity (Wildman–Crippen MR) is 51.9 cm³/mol. The summed E-state index contributed by atoms with van der Waals surface area (Å²) < 4.78 is 0. The zero-order valence-electron chi connectivity index (χ0n) is 8.19. The Kier molecular flexibility index (Phi) is 3.13. The summed E-state index contributed by atoms with van der Waals surface area (Å²) in [4.78, 5) is 22.1. The van der Waals surface area contributed by atoms with Crippen LogP contribution in [-0.2, 0) is 9.59 Å². The van der Waals surface area contributed by atoms with Crippen molar-refractivity contribution in [1.29, 1.82) is 0 Å². The van der Waals surface area contributed by atoms with Gasteiger partial charge in [0.25, 0.3) is 0 Å². The molecule has 0 aliphatic heterocycles. The minimum absolute atomic E-state index is 0.115. The van der Waals surface area contributed by atoms with Crippen molar-refractivity contribution >= 4 is 17.6 Å². The number of nitrogens with one attached hydrogen (secondary N) is 1. The second-order valence-corrected chi connectivity index (χ2v) is 3.57. The van der Waals surface area contributed by atoms with E-state index in [4.69, 9.17) is 16.7 Å². The first kappa shape index (κ1) is 11.3. The first-order valence-electron chi connectivity index (χ1n) is 4.57. The molecule has 0 radical (unpaired) electrons. The zero-order chi connectivity index (χ0) is 11.5. The van der Waals surface area contributed by atoms with Crippen LogP contribution in [0.2, 0.25) is 0 Å². The largest absolute Gasteiger partial charge is 0.409 e. The Hall–Kier alpha value is -1.79. The van der Waals surface area contributed by atoms with Crippen LogP contribution in [0.5, 0.6) is 0 Å². The Bertz CT molecular complexity index is 309. The summed E-state index contributed by atoms with van der Waals surface area (Å²) in [5.74, 6) is -1.16. The minimum atomic E-state index is -0.954. The van der Waals surface area contributed by atoms with Crippen LogP contribution in [0.15, 0.2) is 5.16 Å². The van der Waals surface area contributed by atoms with Gasteiger partial charge in [0.15, 0.2) is 5.84 Å². The fraction of sp³-hybridized carbons (Fsp3) is 0.625. The van der Waals surface area contributed by atoms with E-state index in [9.17, 15) is 9.59 Å². The maximum absolute atomic E-state index is 11.7. The third kappa shape index (κ3) is 2.00. The fourth-order valence-corrected chi connectivity index (χ4v) is 1.56. The number of nitrogens with two attached hydrogens (primary N) is 2. The summed E-state index contributed by atoms with van der Waals surface area (Å²) in [5.41, 5.74) is 9.38. The number of carbonyl (C=O) groups is 2. The molecule has 1 aliphatic rings. The zero-order valence-corrected chi connectivity index (χ0v) is 8.19. The molecule has 2 amide bonds. The minimum Gasteiger partial charge on any atom is -0.409 e. The molecule has 0 unspecified atom stereocenters. The lowest BCUT2D eigenvalue weighted by Crippen LogP contribution is -2.55. The molecular formula is C8H14N4O3. The smallest absolute Gasteiger partial charge is 0.236 e. The number of nitrogens with zero attached hydrogens (tertiary/aromatic N) is 1. The van der Waals surface area contributed by atoms with Crippen LogP contribution in [0.4, 0.5) is 0 Å². The third-order valence-corrected chi connectivity index (χ3v) is 2.66. The van der Waals surface area contributed by atoms with Crippen molar-refractivity contribution in [2.24, 2.45) is 22.0 Å². The van der Waals surface area contributed by atoms with E-state index in [-0.39, 0.29) is 12.4 Å². The molecule has 0 aromatic rings. The van der Waals surface area contributed by atoms with Crippen LogP contribution in [0.3, 0.4) is 0 Å². The van der Waals surface area contributed by atoms with E-state index in [0.717, 1.165) is 6.42 Å². The van der Waals surface area contributed by atoms with Gasteiger partial charge in [-0.25, -0.2) is 0 Å². The molecule has 0 aromatic carbocycles. The van der Waals surface area contributed by atoms with Gasteiger partial charge in [-0.3, -0.25) is 9.59 Å². The van der Waals surface area contributed by atoms with Gasteiger partial charge in [0.2, 0.25) is 11.8 Å².